The van der Waals surface area contributed by atoms with Crippen LogP contribution in [0.25, 0.3) is 22.2 Å². The Balaban J connectivity index is 1.65. The minimum absolute atomic E-state index is 0.330. The zero-order valence-electron chi connectivity index (χ0n) is 17.5. The number of halogens is 1. The lowest BCUT2D eigenvalue weighted by molar-refractivity contribution is 0.0956. The molecular weight excluding hydrogens is 470 g/mol. The van der Waals surface area contributed by atoms with Crippen molar-refractivity contribution in [3.8, 4) is 22.8 Å². The smallest absolute Gasteiger partial charge is 0.272 e. The molecule has 32 heavy (non-hydrogen) atoms. The topological polar surface area (TPSA) is 72.8 Å². The molecule has 1 aromatic heterocycles. The van der Waals surface area contributed by atoms with Gasteiger partial charge in [-0.3, -0.25) is 4.79 Å². The van der Waals surface area contributed by atoms with Gasteiger partial charge in [0, 0.05) is 22.6 Å². The maximum absolute atomic E-state index is 13.0. The van der Waals surface area contributed by atoms with Gasteiger partial charge in [0.15, 0.2) is 0 Å². The Bertz CT molecular complexity index is 1310. The molecule has 0 bridgehead atoms. The van der Waals surface area contributed by atoms with Gasteiger partial charge in [0.05, 0.1) is 41.7 Å². The van der Waals surface area contributed by atoms with Crippen molar-refractivity contribution >= 4 is 39.0 Å². The lowest BCUT2D eigenvalue weighted by Gasteiger charge is -2.10. The van der Waals surface area contributed by atoms with E-state index in [4.69, 9.17) is 14.5 Å². The normalized spacial score (nSPS) is 11.0. The minimum atomic E-state index is -0.330. The van der Waals surface area contributed by atoms with Crippen molar-refractivity contribution in [2.75, 3.05) is 14.2 Å². The number of rotatable bonds is 6. The molecule has 0 radical (unpaired) electrons. The van der Waals surface area contributed by atoms with Gasteiger partial charge in [-0.25, -0.2) is 10.4 Å². The van der Waals surface area contributed by atoms with Crippen LogP contribution in [-0.2, 0) is 0 Å². The molecule has 160 valence electrons. The number of nitrogens with one attached hydrogen (secondary N) is 1. The zero-order valence-corrected chi connectivity index (χ0v) is 19.1. The average molecular weight is 490 g/mol. The third kappa shape index (κ3) is 4.48. The summed E-state index contributed by atoms with van der Waals surface area (Å²) in [6.45, 7) is 0. The van der Waals surface area contributed by atoms with Crippen LogP contribution in [0.1, 0.15) is 15.9 Å². The number of ether oxygens (including phenoxy) is 2. The molecule has 0 spiro atoms. The van der Waals surface area contributed by atoms with Crippen LogP contribution in [-0.4, -0.2) is 31.3 Å². The highest BCUT2D eigenvalue weighted by Crippen LogP contribution is 2.32. The first kappa shape index (κ1) is 21.5. The van der Waals surface area contributed by atoms with Gasteiger partial charge in [-0.05, 0) is 34.1 Å². The SMILES string of the molecule is COc1cc(OC)c(C=NNC(=O)c2cc(-c3ccccc3)nc3ccccc23)cc1Br. The highest BCUT2D eigenvalue weighted by atomic mass is 79.9. The molecule has 1 heterocycles. The fourth-order valence-corrected chi connectivity index (χ4v) is 3.85. The monoisotopic (exact) mass is 489 g/mol. The molecule has 1 N–H and O–H groups in total. The second kappa shape index (κ2) is 9.62. The van der Waals surface area contributed by atoms with E-state index in [0.29, 0.717) is 22.6 Å². The quantitative estimate of drug-likeness (QED) is 0.289. The van der Waals surface area contributed by atoms with Crippen molar-refractivity contribution in [2.24, 2.45) is 5.10 Å². The summed E-state index contributed by atoms with van der Waals surface area (Å²) in [5, 5.41) is 4.90. The second-order valence-electron chi connectivity index (χ2n) is 6.87. The lowest BCUT2D eigenvalue weighted by Crippen LogP contribution is -2.18. The number of fused-ring (bicyclic) bond motifs is 1. The van der Waals surface area contributed by atoms with Crippen LogP contribution >= 0.6 is 15.9 Å². The van der Waals surface area contributed by atoms with Crippen molar-refractivity contribution in [3.63, 3.8) is 0 Å². The van der Waals surface area contributed by atoms with Gasteiger partial charge in [0.25, 0.3) is 5.91 Å². The lowest BCUT2D eigenvalue weighted by atomic mass is 10.0. The number of pyridine rings is 1. The van der Waals surface area contributed by atoms with Crippen LogP contribution in [0.2, 0.25) is 0 Å². The average Bonchev–Trinajstić information content (AvgIpc) is 2.84. The van der Waals surface area contributed by atoms with Crippen LogP contribution in [0.4, 0.5) is 0 Å². The Morgan fingerprint density at radius 3 is 2.44 bits per heavy atom. The van der Waals surface area contributed by atoms with Crippen molar-refractivity contribution in [1.29, 1.82) is 0 Å². The summed E-state index contributed by atoms with van der Waals surface area (Å²) in [7, 11) is 3.14. The number of nitrogens with zero attached hydrogens (tertiary/aromatic N) is 2. The van der Waals surface area contributed by atoms with Crippen LogP contribution in [0.5, 0.6) is 11.5 Å². The molecule has 4 rings (SSSR count). The molecular formula is C25H20BrN3O3. The van der Waals surface area contributed by atoms with E-state index in [9.17, 15) is 4.79 Å². The van der Waals surface area contributed by atoms with E-state index < -0.39 is 0 Å². The molecule has 4 aromatic rings. The fourth-order valence-electron chi connectivity index (χ4n) is 3.32. The second-order valence-corrected chi connectivity index (χ2v) is 7.72. The molecule has 0 aliphatic heterocycles. The summed E-state index contributed by atoms with van der Waals surface area (Å²) in [4.78, 5) is 17.8. The number of benzene rings is 3. The fraction of sp³-hybridized carbons (Fsp3) is 0.0800. The van der Waals surface area contributed by atoms with Crippen molar-refractivity contribution in [2.45, 2.75) is 0 Å². The molecule has 0 saturated heterocycles. The summed E-state index contributed by atoms with van der Waals surface area (Å²) in [5.74, 6) is 0.882. The summed E-state index contributed by atoms with van der Waals surface area (Å²) in [5.41, 5.74) is 6.19. The minimum Gasteiger partial charge on any atom is -0.496 e. The largest absolute Gasteiger partial charge is 0.496 e. The van der Waals surface area contributed by atoms with E-state index in [1.54, 1.807) is 26.4 Å². The number of aromatic nitrogens is 1. The number of para-hydroxylation sites is 1. The van der Waals surface area contributed by atoms with E-state index in [1.165, 1.54) is 6.21 Å². The third-order valence-corrected chi connectivity index (χ3v) is 5.52. The van der Waals surface area contributed by atoms with E-state index in [0.717, 1.165) is 26.6 Å². The highest BCUT2D eigenvalue weighted by Gasteiger charge is 2.14. The first-order chi connectivity index (χ1) is 15.6. The maximum Gasteiger partial charge on any atom is 0.272 e. The molecule has 0 unspecified atom stereocenters. The molecule has 0 aliphatic carbocycles. The van der Waals surface area contributed by atoms with Gasteiger partial charge in [0.1, 0.15) is 11.5 Å². The Morgan fingerprint density at radius 1 is 0.969 bits per heavy atom. The number of methoxy groups -OCH3 is 2. The first-order valence-corrected chi connectivity index (χ1v) is 10.6. The van der Waals surface area contributed by atoms with Crippen LogP contribution in [0, 0.1) is 0 Å². The predicted molar refractivity (Wildman–Crippen MR) is 129 cm³/mol. The van der Waals surface area contributed by atoms with E-state index in [1.807, 2.05) is 60.7 Å². The maximum atomic E-state index is 13.0. The molecule has 1 amide bonds. The predicted octanol–water partition coefficient (Wildman–Crippen LogP) is 5.45. The standard InChI is InChI=1S/C25H20BrN3O3/c1-31-23-14-24(32-2)20(26)12-17(23)15-27-29-25(30)19-13-22(16-8-4-3-5-9-16)28-21-11-7-6-10-18(19)21/h3-15H,1-2H3,(H,29,30). The molecule has 6 nitrogen and oxygen atoms in total. The Hall–Kier alpha value is -3.71. The van der Waals surface area contributed by atoms with Gasteiger partial charge in [-0.2, -0.15) is 5.10 Å². The number of carbonyl (C=O) groups excluding carboxylic acids is 1. The molecule has 7 heteroatoms. The Morgan fingerprint density at radius 2 is 1.69 bits per heavy atom. The van der Waals surface area contributed by atoms with Crippen molar-refractivity contribution in [3.05, 3.63) is 88.4 Å². The molecule has 0 saturated carbocycles. The molecule has 0 fully saturated rings. The molecule has 3 aromatic carbocycles. The molecule has 0 atom stereocenters. The first-order valence-electron chi connectivity index (χ1n) is 9.81. The zero-order chi connectivity index (χ0) is 22.5. The van der Waals surface area contributed by atoms with Crippen molar-refractivity contribution < 1.29 is 14.3 Å². The molecule has 0 aliphatic rings. The van der Waals surface area contributed by atoms with Crippen LogP contribution in [0.3, 0.4) is 0 Å². The van der Waals surface area contributed by atoms with Gasteiger partial charge in [-0.1, -0.05) is 48.5 Å². The number of hydrogen-bond acceptors (Lipinski definition) is 5. The number of amides is 1. The van der Waals surface area contributed by atoms with Crippen LogP contribution < -0.4 is 14.9 Å². The highest BCUT2D eigenvalue weighted by molar-refractivity contribution is 9.10. The Labute approximate surface area is 194 Å². The summed E-state index contributed by atoms with van der Waals surface area (Å²) in [6.07, 6.45) is 1.53. The number of hydrogen-bond donors (Lipinski definition) is 1. The third-order valence-electron chi connectivity index (χ3n) is 4.90. The van der Waals surface area contributed by atoms with Gasteiger partial charge >= 0.3 is 0 Å². The number of carbonyl (C=O) groups is 1. The summed E-state index contributed by atoms with van der Waals surface area (Å²) < 4.78 is 11.4. The van der Waals surface area contributed by atoms with Gasteiger partial charge < -0.3 is 9.47 Å². The Kier molecular flexibility index (Phi) is 6.47. The number of hydrazone groups is 1. The van der Waals surface area contributed by atoms with E-state index in [2.05, 4.69) is 26.5 Å². The van der Waals surface area contributed by atoms with Gasteiger partial charge in [-0.15, -0.1) is 0 Å². The van der Waals surface area contributed by atoms with E-state index >= 15 is 0 Å². The van der Waals surface area contributed by atoms with Crippen molar-refractivity contribution in [1.82, 2.24) is 10.4 Å². The van der Waals surface area contributed by atoms with E-state index in [-0.39, 0.29) is 5.91 Å². The summed E-state index contributed by atoms with van der Waals surface area (Å²) in [6, 6.07) is 22.6. The van der Waals surface area contributed by atoms with Gasteiger partial charge in [0.2, 0.25) is 0 Å². The van der Waals surface area contributed by atoms with Crippen LogP contribution in [0.15, 0.2) is 82.4 Å². The summed E-state index contributed by atoms with van der Waals surface area (Å²) >= 11 is 3.45.